The number of aromatic nitrogens is 1. The van der Waals surface area contributed by atoms with Gasteiger partial charge in [-0.25, -0.2) is 18.6 Å². The molecule has 1 aromatic heterocycles. The number of halogens is 2. The van der Waals surface area contributed by atoms with E-state index < -0.39 is 30.2 Å². The van der Waals surface area contributed by atoms with E-state index in [1.807, 2.05) is 0 Å². The lowest BCUT2D eigenvalue weighted by atomic mass is 9.99. The van der Waals surface area contributed by atoms with Gasteiger partial charge in [-0.3, -0.25) is 0 Å². The highest BCUT2D eigenvalue weighted by Crippen LogP contribution is 2.33. The molecule has 8 heteroatoms. The molecule has 1 amide bonds. The standard InChI is InChI=1S/C16H24F2N4O2/c1-15(2,3)24-14(23)21(4)12-7-8-22(10-16(12,17)18)11-5-6-13(19)20-9-11/h5-6,9,12H,7-8,10H2,1-4H3,(H2,19,20). The monoisotopic (exact) mass is 342 g/mol. The maximum Gasteiger partial charge on any atom is 0.410 e. The molecule has 1 atom stereocenters. The number of hydrogen-bond acceptors (Lipinski definition) is 5. The molecule has 1 aliphatic heterocycles. The van der Waals surface area contributed by atoms with Gasteiger partial charge in [0.25, 0.3) is 5.92 Å². The van der Waals surface area contributed by atoms with Crippen LogP contribution in [-0.4, -0.2) is 53.7 Å². The van der Waals surface area contributed by atoms with Crippen LogP contribution in [0, 0.1) is 0 Å². The summed E-state index contributed by atoms with van der Waals surface area (Å²) in [6.45, 7) is 5.00. The van der Waals surface area contributed by atoms with Gasteiger partial charge >= 0.3 is 6.09 Å². The van der Waals surface area contributed by atoms with Crippen LogP contribution in [0.5, 0.6) is 0 Å². The van der Waals surface area contributed by atoms with E-state index in [4.69, 9.17) is 10.5 Å². The predicted octanol–water partition coefficient (Wildman–Crippen LogP) is 2.74. The number of carbonyl (C=O) groups is 1. The van der Waals surface area contributed by atoms with Gasteiger partial charge in [0, 0.05) is 13.6 Å². The van der Waals surface area contributed by atoms with Crippen molar-refractivity contribution in [2.75, 3.05) is 30.8 Å². The van der Waals surface area contributed by atoms with Gasteiger partial charge in [0.15, 0.2) is 0 Å². The van der Waals surface area contributed by atoms with E-state index in [-0.39, 0.29) is 6.42 Å². The molecule has 1 unspecified atom stereocenters. The second kappa shape index (κ2) is 6.41. The van der Waals surface area contributed by atoms with Crippen LogP contribution < -0.4 is 10.6 Å². The molecule has 0 radical (unpaired) electrons. The lowest BCUT2D eigenvalue weighted by molar-refractivity contribution is -0.0837. The normalized spacial score (nSPS) is 20.6. The summed E-state index contributed by atoms with van der Waals surface area (Å²) in [5.74, 6) is -2.73. The molecule has 24 heavy (non-hydrogen) atoms. The van der Waals surface area contributed by atoms with E-state index in [0.29, 0.717) is 18.1 Å². The highest BCUT2D eigenvalue weighted by Gasteiger charge is 2.48. The van der Waals surface area contributed by atoms with Gasteiger partial charge < -0.3 is 20.3 Å². The third-order valence-electron chi connectivity index (χ3n) is 3.85. The molecule has 2 N–H and O–H groups in total. The van der Waals surface area contributed by atoms with Gasteiger partial charge in [-0.15, -0.1) is 0 Å². The molecule has 0 bridgehead atoms. The van der Waals surface area contributed by atoms with Crippen molar-refractivity contribution in [1.82, 2.24) is 9.88 Å². The van der Waals surface area contributed by atoms with Gasteiger partial charge in [0.2, 0.25) is 0 Å². The number of nitrogens with two attached hydrogens (primary N) is 1. The molecule has 0 spiro atoms. The minimum Gasteiger partial charge on any atom is -0.444 e. The van der Waals surface area contributed by atoms with Crippen LogP contribution in [0.3, 0.4) is 0 Å². The number of alkyl halides is 2. The van der Waals surface area contributed by atoms with E-state index in [1.54, 1.807) is 37.8 Å². The smallest absolute Gasteiger partial charge is 0.410 e. The minimum absolute atomic E-state index is 0.132. The van der Waals surface area contributed by atoms with Crippen LogP contribution in [0.1, 0.15) is 27.2 Å². The summed E-state index contributed by atoms with van der Waals surface area (Å²) in [6.07, 6.45) is 0.867. The zero-order valence-electron chi connectivity index (χ0n) is 14.4. The highest BCUT2D eigenvalue weighted by molar-refractivity contribution is 5.68. The summed E-state index contributed by atoms with van der Waals surface area (Å²) in [5, 5.41) is 0. The molecule has 0 aliphatic carbocycles. The predicted molar refractivity (Wildman–Crippen MR) is 88.2 cm³/mol. The van der Waals surface area contributed by atoms with Crippen LogP contribution in [0.25, 0.3) is 0 Å². The van der Waals surface area contributed by atoms with Crippen LogP contribution >= 0.6 is 0 Å². The highest BCUT2D eigenvalue weighted by atomic mass is 19.3. The maximum atomic E-state index is 14.6. The van der Waals surface area contributed by atoms with E-state index in [2.05, 4.69) is 4.98 Å². The van der Waals surface area contributed by atoms with E-state index >= 15 is 0 Å². The zero-order chi connectivity index (χ0) is 18.1. The van der Waals surface area contributed by atoms with Crippen LogP contribution in [-0.2, 0) is 4.74 Å². The molecular weight excluding hydrogens is 318 g/mol. The minimum atomic E-state index is -3.06. The summed E-state index contributed by atoms with van der Waals surface area (Å²) in [6, 6.07) is 2.04. The Morgan fingerprint density at radius 2 is 2.12 bits per heavy atom. The summed E-state index contributed by atoms with van der Waals surface area (Å²) < 4.78 is 34.4. The first-order valence-electron chi connectivity index (χ1n) is 7.80. The molecule has 1 aliphatic rings. The first-order chi connectivity index (χ1) is 11.0. The average Bonchev–Trinajstić information content (AvgIpc) is 2.44. The van der Waals surface area contributed by atoms with E-state index in [9.17, 15) is 13.6 Å². The Bertz CT molecular complexity index is 587. The molecular formula is C16H24F2N4O2. The molecule has 0 aromatic carbocycles. The number of carbonyl (C=O) groups excluding carboxylic acids is 1. The van der Waals surface area contributed by atoms with Gasteiger partial charge in [-0.1, -0.05) is 0 Å². The first kappa shape index (κ1) is 18.2. The van der Waals surface area contributed by atoms with Crippen molar-refractivity contribution in [2.45, 2.75) is 44.8 Å². The number of ether oxygens (including phenoxy) is 1. The molecule has 0 saturated carbocycles. The van der Waals surface area contributed by atoms with Crippen molar-refractivity contribution in [3.05, 3.63) is 18.3 Å². The van der Waals surface area contributed by atoms with Crippen LogP contribution in [0.15, 0.2) is 18.3 Å². The van der Waals surface area contributed by atoms with Crippen molar-refractivity contribution < 1.29 is 18.3 Å². The lowest BCUT2D eigenvalue weighted by Crippen LogP contribution is -2.59. The third kappa shape index (κ3) is 4.24. The number of amides is 1. The van der Waals surface area contributed by atoms with Gasteiger partial charge in [-0.2, -0.15) is 0 Å². The van der Waals surface area contributed by atoms with Gasteiger partial charge in [0.1, 0.15) is 17.5 Å². The Kier molecular flexibility index (Phi) is 4.87. The Labute approximate surface area is 140 Å². The fraction of sp³-hybridized carbons (Fsp3) is 0.625. The average molecular weight is 342 g/mol. The van der Waals surface area contributed by atoms with Crippen molar-refractivity contribution in [3.63, 3.8) is 0 Å². The SMILES string of the molecule is CN(C(=O)OC(C)(C)C)C1CCN(c2ccc(N)nc2)CC1(F)F. The van der Waals surface area contributed by atoms with Gasteiger partial charge in [0.05, 0.1) is 18.4 Å². The zero-order valence-corrected chi connectivity index (χ0v) is 14.4. The topological polar surface area (TPSA) is 71.7 Å². The van der Waals surface area contributed by atoms with Crippen molar-refractivity contribution in [1.29, 1.82) is 0 Å². The molecule has 134 valence electrons. The Balaban J connectivity index is 2.08. The molecule has 6 nitrogen and oxygen atoms in total. The molecule has 1 saturated heterocycles. The Morgan fingerprint density at radius 3 is 2.62 bits per heavy atom. The summed E-state index contributed by atoms with van der Waals surface area (Å²) in [5.41, 5.74) is 5.38. The first-order valence-corrected chi connectivity index (χ1v) is 7.80. The fourth-order valence-corrected chi connectivity index (χ4v) is 2.67. The second-order valence-corrected chi connectivity index (χ2v) is 7.02. The van der Waals surface area contributed by atoms with Crippen molar-refractivity contribution in [2.24, 2.45) is 0 Å². The summed E-state index contributed by atoms with van der Waals surface area (Å²) in [7, 11) is 1.35. The molecule has 2 heterocycles. The number of anilines is 2. The molecule has 2 rings (SSSR count). The van der Waals surface area contributed by atoms with Gasteiger partial charge in [-0.05, 0) is 39.3 Å². The quantitative estimate of drug-likeness (QED) is 0.895. The van der Waals surface area contributed by atoms with Crippen LogP contribution in [0.2, 0.25) is 0 Å². The lowest BCUT2D eigenvalue weighted by Gasteiger charge is -2.43. The number of nitrogen functional groups attached to an aromatic ring is 1. The van der Waals surface area contributed by atoms with E-state index in [1.165, 1.54) is 13.2 Å². The van der Waals surface area contributed by atoms with E-state index in [0.717, 1.165) is 4.90 Å². The van der Waals surface area contributed by atoms with Crippen LogP contribution in [0.4, 0.5) is 25.1 Å². The number of rotatable bonds is 2. The number of pyridine rings is 1. The summed E-state index contributed by atoms with van der Waals surface area (Å²) >= 11 is 0. The van der Waals surface area contributed by atoms with Crippen molar-refractivity contribution >= 4 is 17.6 Å². The Morgan fingerprint density at radius 1 is 1.46 bits per heavy atom. The fourth-order valence-electron chi connectivity index (χ4n) is 2.67. The van der Waals surface area contributed by atoms with Crippen molar-refractivity contribution in [3.8, 4) is 0 Å². The maximum absolute atomic E-state index is 14.6. The number of nitrogens with zero attached hydrogens (tertiary/aromatic N) is 3. The molecule has 1 aromatic rings. The number of piperidine rings is 1. The summed E-state index contributed by atoms with van der Waals surface area (Å²) in [4.78, 5) is 18.6. The number of hydrogen-bond donors (Lipinski definition) is 1. The Hall–Kier alpha value is -2.12. The largest absolute Gasteiger partial charge is 0.444 e. The second-order valence-electron chi connectivity index (χ2n) is 7.02. The third-order valence-corrected chi connectivity index (χ3v) is 3.85. The molecule has 1 fully saturated rings.